The summed E-state index contributed by atoms with van der Waals surface area (Å²) in [4.78, 5) is 11.5. The molecule has 0 aliphatic heterocycles. The number of nitrogens with two attached hydrogens (primary N) is 1. The molecule has 15 heavy (non-hydrogen) atoms. The Bertz CT molecular complexity index is 316. The zero-order valence-corrected chi connectivity index (χ0v) is 7.90. The van der Waals surface area contributed by atoms with Gasteiger partial charge in [0.2, 0.25) is 0 Å². The fourth-order valence-corrected chi connectivity index (χ4v) is 1.07. The number of hydrogen-bond donors (Lipinski definition) is 1. The molecule has 2 N–H and O–H groups in total. The average molecular weight is 215 g/mol. The number of carbonyl (C=O) groups is 1. The summed E-state index contributed by atoms with van der Waals surface area (Å²) in [6, 6.07) is 7.19. The Balaban J connectivity index is 2.54. The first-order valence-corrected chi connectivity index (χ1v) is 4.36. The molecule has 0 spiro atoms. The van der Waals surface area contributed by atoms with Gasteiger partial charge >= 0.3 is 6.61 Å². The van der Waals surface area contributed by atoms with Crippen LogP contribution in [0.3, 0.4) is 0 Å². The number of Topliss-reactive ketones (excluding diaryl/α,β-unsaturated/α-hetero) is 1. The number of hydrogen-bond acceptors (Lipinski definition) is 3. The van der Waals surface area contributed by atoms with Crippen LogP contribution in [0.25, 0.3) is 0 Å². The first-order chi connectivity index (χ1) is 7.11. The van der Waals surface area contributed by atoms with Crippen molar-refractivity contribution in [1.82, 2.24) is 0 Å². The second-order valence-electron chi connectivity index (χ2n) is 2.93. The Morgan fingerprint density at radius 1 is 1.33 bits per heavy atom. The van der Waals surface area contributed by atoms with Crippen molar-refractivity contribution >= 4 is 5.78 Å². The van der Waals surface area contributed by atoms with Crippen LogP contribution in [0.1, 0.15) is 10.4 Å². The summed E-state index contributed by atoms with van der Waals surface area (Å²) in [7, 11) is 0. The molecule has 1 aromatic carbocycles. The van der Waals surface area contributed by atoms with Crippen molar-refractivity contribution in [1.29, 1.82) is 0 Å². The van der Waals surface area contributed by atoms with Gasteiger partial charge in [0.15, 0.2) is 5.78 Å². The lowest BCUT2D eigenvalue weighted by atomic mass is 10.1. The highest BCUT2D eigenvalue weighted by Gasteiger charge is 2.17. The molecule has 0 amide bonds. The summed E-state index contributed by atoms with van der Waals surface area (Å²) in [5.41, 5.74) is 5.78. The second kappa shape index (κ2) is 5.53. The van der Waals surface area contributed by atoms with Gasteiger partial charge in [-0.2, -0.15) is 8.78 Å². The Hall–Kier alpha value is -1.33. The van der Waals surface area contributed by atoms with E-state index in [1.807, 2.05) is 0 Å². The average Bonchev–Trinajstić information content (AvgIpc) is 2.26. The van der Waals surface area contributed by atoms with Gasteiger partial charge in [-0.3, -0.25) is 4.79 Å². The highest BCUT2D eigenvalue weighted by atomic mass is 19.3. The van der Waals surface area contributed by atoms with Gasteiger partial charge in [0.1, 0.15) is 0 Å². The maximum absolute atomic E-state index is 11.7. The Kier molecular flexibility index (Phi) is 4.33. The normalized spacial score (nSPS) is 12.8. The van der Waals surface area contributed by atoms with Crippen LogP contribution in [0.5, 0.6) is 0 Å². The van der Waals surface area contributed by atoms with Gasteiger partial charge in [0.25, 0.3) is 0 Å². The third-order valence-corrected chi connectivity index (χ3v) is 1.80. The Morgan fingerprint density at radius 2 is 1.93 bits per heavy atom. The molecule has 0 unspecified atom stereocenters. The number of ether oxygens (including phenoxy) is 1. The zero-order valence-electron chi connectivity index (χ0n) is 7.90. The molecule has 0 aliphatic carbocycles. The number of ketones is 1. The van der Waals surface area contributed by atoms with E-state index in [1.54, 1.807) is 30.3 Å². The van der Waals surface area contributed by atoms with Crippen LogP contribution >= 0.6 is 0 Å². The van der Waals surface area contributed by atoms with Crippen LogP contribution in [-0.4, -0.2) is 25.0 Å². The summed E-state index contributed by atoms with van der Waals surface area (Å²) < 4.78 is 27.3. The number of alkyl halides is 2. The van der Waals surface area contributed by atoms with E-state index in [2.05, 4.69) is 4.74 Å². The summed E-state index contributed by atoms with van der Waals surface area (Å²) >= 11 is 0. The maximum Gasteiger partial charge on any atom is 0.345 e. The molecule has 1 rings (SSSR count). The van der Waals surface area contributed by atoms with Crippen LogP contribution in [0.2, 0.25) is 0 Å². The molecule has 1 atom stereocenters. The first kappa shape index (κ1) is 11.7. The minimum absolute atomic E-state index is 0.392. The predicted octanol–water partition coefficient (Wildman–Crippen LogP) is 1.44. The molecular weight excluding hydrogens is 204 g/mol. The van der Waals surface area contributed by atoms with E-state index in [4.69, 9.17) is 5.73 Å². The van der Waals surface area contributed by atoms with Crippen LogP contribution in [-0.2, 0) is 4.74 Å². The van der Waals surface area contributed by atoms with E-state index < -0.39 is 25.0 Å². The number of benzene rings is 1. The molecule has 3 nitrogen and oxygen atoms in total. The molecule has 0 radical (unpaired) electrons. The largest absolute Gasteiger partial charge is 0.345 e. The Morgan fingerprint density at radius 3 is 2.47 bits per heavy atom. The SMILES string of the molecule is N[C@@H](COC(F)F)C(=O)c1ccccc1. The van der Waals surface area contributed by atoms with E-state index in [9.17, 15) is 13.6 Å². The zero-order chi connectivity index (χ0) is 11.3. The Labute approximate surface area is 85.8 Å². The molecule has 0 bridgehead atoms. The van der Waals surface area contributed by atoms with Crippen molar-refractivity contribution in [3.05, 3.63) is 35.9 Å². The lowest BCUT2D eigenvalue weighted by molar-refractivity contribution is -0.129. The molecule has 0 aromatic heterocycles. The van der Waals surface area contributed by atoms with Crippen molar-refractivity contribution in [2.45, 2.75) is 12.7 Å². The fourth-order valence-electron chi connectivity index (χ4n) is 1.07. The van der Waals surface area contributed by atoms with E-state index in [0.29, 0.717) is 5.56 Å². The van der Waals surface area contributed by atoms with Crippen LogP contribution in [0.15, 0.2) is 30.3 Å². The van der Waals surface area contributed by atoms with Gasteiger partial charge in [-0.25, -0.2) is 0 Å². The van der Waals surface area contributed by atoms with Crippen molar-refractivity contribution in [2.24, 2.45) is 5.73 Å². The van der Waals surface area contributed by atoms with Crippen molar-refractivity contribution in [3.63, 3.8) is 0 Å². The smallest absolute Gasteiger partial charge is 0.321 e. The van der Waals surface area contributed by atoms with E-state index in [1.165, 1.54) is 0 Å². The molecule has 0 saturated carbocycles. The van der Waals surface area contributed by atoms with Gasteiger partial charge in [0.05, 0.1) is 12.6 Å². The van der Waals surface area contributed by atoms with Crippen LogP contribution < -0.4 is 5.73 Å². The minimum Gasteiger partial charge on any atom is -0.321 e. The fraction of sp³-hybridized carbons (Fsp3) is 0.300. The quantitative estimate of drug-likeness (QED) is 0.756. The summed E-state index contributed by atoms with van der Waals surface area (Å²) in [6.07, 6.45) is 0. The number of halogens is 2. The van der Waals surface area contributed by atoms with Crippen molar-refractivity contribution in [3.8, 4) is 0 Å². The monoisotopic (exact) mass is 215 g/mol. The molecule has 82 valence electrons. The maximum atomic E-state index is 11.7. The van der Waals surface area contributed by atoms with E-state index in [0.717, 1.165) is 0 Å². The van der Waals surface area contributed by atoms with Gasteiger partial charge in [0, 0.05) is 5.56 Å². The summed E-state index contributed by atoms with van der Waals surface area (Å²) in [5, 5.41) is 0. The third-order valence-electron chi connectivity index (χ3n) is 1.80. The molecule has 0 heterocycles. The van der Waals surface area contributed by atoms with Crippen molar-refractivity contribution < 1.29 is 18.3 Å². The van der Waals surface area contributed by atoms with Crippen LogP contribution in [0, 0.1) is 0 Å². The van der Waals surface area contributed by atoms with Gasteiger partial charge in [-0.05, 0) is 0 Å². The topological polar surface area (TPSA) is 52.3 Å². The van der Waals surface area contributed by atoms with Gasteiger partial charge in [-0.1, -0.05) is 30.3 Å². The molecular formula is C10H11F2NO2. The molecule has 0 saturated heterocycles. The summed E-state index contributed by atoms with van der Waals surface area (Å²) in [6.45, 7) is -3.38. The highest BCUT2D eigenvalue weighted by Crippen LogP contribution is 2.04. The minimum atomic E-state index is -2.90. The number of rotatable bonds is 5. The molecule has 0 fully saturated rings. The second-order valence-corrected chi connectivity index (χ2v) is 2.93. The van der Waals surface area contributed by atoms with Crippen molar-refractivity contribution in [2.75, 3.05) is 6.61 Å². The molecule has 0 aliphatic rings. The molecule has 5 heteroatoms. The third kappa shape index (κ3) is 3.73. The molecule has 1 aromatic rings. The number of carbonyl (C=O) groups excluding carboxylic acids is 1. The summed E-state index contributed by atoms with van der Waals surface area (Å²) in [5.74, 6) is -0.406. The van der Waals surface area contributed by atoms with Gasteiger partial charge in [-0.15, -0.1) is 0 Å². The van der Waals surface area contributed by atoms with Crippen LogP contribution in [0.4, 0.5) is 8.78 Å². The van der Waals surface area contributed by atoms with Gasteiger partial charge < -0.3 is 10.5 Å². The van der Waals surface area contributed by atoms with E-state index in [-0.39, 0.29) is 0 Å². The standard InChI is InChI=1S/C10H11F2NO2/c11-10(12)15-6-8(13)9(14)7-4-2-1-3-5-7/h1-5,8,10H,6,13H2/t8-/m0/s1. The highest BCUT2D eigenvalue weighted by molar-refractivity contribution is 5.99. The van der Waals surface area contributed by atoms with E-state index >= 15 is 0 Å². The lowest BCUT2D eigenvalue weighted by Gasteiger charge is -2.10. The first-order valence-electron chi connectivity index (χ1n) is 4.36. The predicted molar refractivity (Wildman–Crippen MR) is 50.7 cm³/mol. The lowest BCUT2D eigenvalue weighted by Crippen LogP contribution is -2.35.